The summed E-state index contributed by atoms with van der Waals surface area (Å²) >= 11 is 0. The average molecular weight is 336 g/mol. The molecular weight excluding hydrogens is 309 g/mol. The fourth-order valence-corrected chi connectivity index (χ4v) is 3.39. The molecule has 0 radical (unpaired) electrons. The summed E-state index contributed by atoms with van der Waals surface area (Å²) in [6.07, 6.45) is 0.110. The molecule has 1 amide bonds. The lowest BCUT2D eigenvalue weighted by Crippen LogP contribution is -2.50. The Morgan fingerprint density at radius 2 is 1.91 bits per heavy atom. The Labute approximate surface area is 135 Å². The van der Waals surface area contributed by atoms with E-state index in [1.54, 1.807) is 0 Å². The molecule has 1 aliphatic heterocycles. The van der Waals surface area contributed by atoms with Gasteiger partial charge in [-0.3, -0.25) is 9.53 Å². The molecule has 1 heterocycles. The zero-order valence-corrected chi connectivity index (χ0v) is 13.9. The van der Waals surface area contributed by atoms with Crippen molar-refractivity contribution in [3.05, 3.63) is 0 Å². The molecule has 0 aromatic heterocycles. The fraction of sp³-hybridized carbons (Fsp3) is 0.938. The van der Waals surface area contributed by atoms with Crippen LogP contribution in [0, 0.1) is 0 Å². The maximum absolute atomic E-state index is 12.1. The first-order valence-electron chi connectivity index (χ1n) is 8.50. The third kappa shape index (κ3) is 5.64. The number of rotatable bonds is 7. The zero-order chi connectivity index (χ0) is 17.0. The SMILES string of the molecule is CC(CCCC(=O)N1CCCC1)N(C)C1CC(OC(F)(F)F)C1. The molecule has 7 heteroatoms. The van der Waals surface area contributed by atoms with Crippen molar-refractivity contribution in [3.8, 4) is 0 Å². The van der Waals surface area contributed by atoms with Crippen LogP contribution in [0.5, 0.6) is 0 Å². The summed E-state index contributed by atoms with van der Waals surface area (Å²) in [5, 5.41) is 0. The zero-order valence-electron chi connectivity index (χ0n) is 13.9. The number of halogens is 3. The minimum Gasteiger partial charge on any atom is -0.343 e. The van der Waals surface area contributed by atoms with Crippen LogP contribution in [0.2, 0.25) is 0 Å². The number of carbonyl (C=O) groups excluding carboxylic acids is 1. The summed E-state index contributed by atoms with van der Waals surface area (Å²) in [4.78, 5) is 16.0. The van der Waals surface area contributed by atoms with E-state index in [4.69, 9.17) is 0 Å². The van der Waals surface area contributed by atoms with Gasteiger partial charge in [-0.1, -0.05) is 0 Å². The molecule has 0 aromatic carbocycles. The van der Waals surface area contributed by atoms with E-state index < -0.39 is 12.5 Å². The Morgan fingerprint density at radius 3 is 2.48 bits per heavy atom. The molecule has 1 saturated carbocycles. The summed E-state index contributed by atoms with van der Waals surface area (Å²) in [5.74, 6) is 0.236. The minimum absolute atomic E-state index is 0.145. The smallest absolute Gasteiger partial charge is 0.343 e. The first-order chi connectivity index (χ1) is 10.8. The second-order valence-electron chi connectivity index (χ2n) is 6.81. The summed E-state index contributed by atoms with van der Waals surface area (Å²) < 4.78 is 40.4. The summed E-state index contributed by atoms with van der Waals surface area (Å²) in [6, 6.07) is 0.407. The summed E-state index contributed by atoms with van der Waals surface area (Å²) in [6.45, 7) is 3.84. The van der Waals surface area contributed by atoms with Gasteiger partial charge in [-0.25, -0.2) is 0 Å². The molecule has 23 heavy (non-hydrogen) atoms. The van der Waals surface area contributed by atoms with Crippen LogP contribution in [0.1, 0.15) is 51.9 Å². The highest BCUT2D eigenvalue weighted by molar-refractivity contribution is 5.76. The number of carbonyl (C=O) groups is 1. The Kier molecular flexibility index (Phi) is 6.31. The Hall–Kier alpha value is -0.820. The predicted molar refractivity (Wildman–Crippen MR) is 80.8 cm³/mol. The van der Waals surface area contributed by atoms with E-state index in [0.717, 1.165) is 38.8 Å². The third-order valence-corrected chi connectivity index (χ3v) is 5.11. The van der Waals surface area contributed by atoms with Gasteiger partial charge in [0.1, 0.15) is 0 Å². The van der Waals surface area contributed by atoms with E-state index in [2.05, 4.69) is 16.6 Å². The van der Waals surface area contributed by atoms with Crippen molar-refractivity contribution in [2.45, 2.75) is 76.4 Å². The second-order valence-corrected chi connectivity index (χ2v) is 6.81. The van der Waals surface area contributed by atoms with Crippen molar-refractivity contribution in [2.24, 2.45) is 0 Å². The van der Waals surface area contributed by atoms with E-state index >= 15 is 0 Å². The van der Waals surface area contributed by atoms with Crippen molar-refractivity contribution >= 4 is 5.91 Å². The predicted octanol–water partition coefficient (Wildman–Crippen LogP) is 3.17. The molecule has 134 valence electrons. The monoisotopic (exact) mass is 336 g/mol. The molecule has 2 fully saturated rings. The third-order valence-electron chi connectivity index (χ3n) is 5.11. The van der Waals surface area contributed by atoms with E-state index in [9.17, 15) is 18.0 Å². The molecule has 2 rings (SSSR count). The van der Waals surface area contributed by atoms with Crippen molar-refractivity contribution in [1.82, 2.24) is 9.80 Å². The molecule has 0 N–H and O–H groups in total. The fourth-order valence-electron chi connectivity index (χ4n) is 3.39. The van der Waals surface area contributed by atoms with Crippen LogP contribution < -0.4 is 0 Å². The molecule has 4 nitrogen and oxygen atoms in total. The largest absolute Gasteiger partial charge is 0.522 e. The quantitative estimate of drug-likeness (QED) is 0.716. The molecule has 1 aliphatic carbocycles. The maximum atomic E-state index is 12.1. The maximum Gasteiger partial charge on any atom is 0.522 e. The first-order valence-corrected chi connectivity index (χ1v) is 8.50. The molecular formula is C16H27F3N2O2. The van der Waals surface area contributed by atoms with Gasteiger partial charge in [0, 0.05) is 31.6 Å². The lowest BCUT2D eigenvalue weighted by molar-refractivity contribution is -0.354. The highest BCUT2D eigenvalue weighted by Crippen LogP contribution is 2.34. The van der Waals surface area contributed by atoms with Crippen molar-refractivity contribution in [3.63, 3.8) is 0 Å². The van der Waals surface area contributed by atoms with Crippen LogP contribution in [0.3, 0.4) is 0 Å². The van der Waals surface area contributed by atoms with Gasteiger partial charge in [0.25, 0.3) is 0 Å². The van der Waals surface area contributed by atoms with Crippen LogP contribution in [0.4, 0.5) is 13.2 Å². The number of hydrogen-bond donors (Lipinski definition) is 0. The molecule has 1 saturated heterocycles. The Balaban J connectivity index is 1.60. The first kappa shape index (κ1) is 18.5. The van der Waals surface area contributed by atoms with Gasteiger partial charge in [-0.15, -0.1) is 13.2 Å². The molecule has 0 bridgehead atoms. The number of amides is 1. The standard InChI is InChI=1S/C16H27F3N2O2/c1-12(6-5-7-15(22)21-8-3-4-9-21)20(2)13-10-14(11-13)23-16(17,18)19/h12-14H,3-11H2,1-2H3. The molecule has 0 spiro atoms. The molecule has 1 atom stereocenters. The normalized spacial score (nSPS) is 26.4. The van der Waals surface area contributed by atoms with E-state index in [-0.39, 0.29) is 18.0 Å². The molecule has 0 aromatic rings. The number of hydrogen-bond acceptors (Lipinski definition) is 3. The van der Waals surface area contributed by atoms with E-state index in [1.807, 2.05) is 11.9 Å². The van der Waals surface area contributed by atoms with Crippen LogP contribution >= 0.6 is 0 Å². The van der Waals surface area contributed by atoms with Crippen molar-refractivity contribution in [1.29, 1.82) is 0 Å². The lowest BCUT2D eigenvalue weighted by atomic mass is 9.87. The van der Waals surface area contributed by atoms with E-state index in [0.29, 0.717) is 19.3 Å². The van der Waals surface area contributed by atoms with Crippen LogP contribution in [-0.2, 0) is 9.53 Å². The van der Waals surface area contributed by atoms with Gasteiger partial charge in [-0.2, -0.15) is 0 Å². The van der Waals surface area contributed by atoms with Crippen molar-refractivity contribution < 1.29 is 22.7 Å². The number of nitrogens with zero attached hydrogens (tertiary/aromatic N) is 2. The Morgan fingerprint density at radius 1 is 1.30 bits per heavy atom. The highest BCUT2D eigenvalue weighted by Gasteiger charge is 2.41. The summed E-state index contributed by atoms with van der Waals surface area (Å²) in [5.41, 5.74) is 0. The minimum atomic E-state index is -4.53. The van der Waals surface area contributed by atoms with Gasteiger partial charge < -0.3 is 9.80 Å². The second kappa shape index (κ2) is 7.83. The number of ether oxygens (including phenoxy) is 1. The van der Waals surface area contributed by atoms with Gasteiger partial charge in [0.15, 0.2) is 0 Å². The van der Waals surface area contributed by atoms with Crippen LogP contribution in [0.15, 0.2) is 0 Å². The molecule has 1 unspecified atom stereocenters. The van der Waals surface area contributed by atoms with Crippen LogP contribution in [-0.4, -0.2) is 60.4 Å². The number of alkyl halides is 3. The average Bonchev–Trinajstić information content (AvgIpc) is 2.94. The van der Waals surface area contributed by atoms with Gasteiger partial charge in [0.05, 0.1) is 6.10 Å². The van der Waals surface area contributed by atoms with Crippen molar-refractivity contribution in [2.75, 3.05) is 20.1 Å². The lowest BCUT2D eigenvalue weighted by Gasteiger charge is -2.43. The van der Waals surface area contributed by atoms with E-state index in [1.165, 1.54) is 0 Å². The Bertz CT molecular complexity index is 391. The topological polar surface area (TPSA) is 32.8 Å². The van der Waals surface area contributed by atoms with Gasteiger partial charge in [-0.05, 0) is 52.5 Å². The highest BCUT2D eigenvalue weighted by atomic mass is 19.4. The number of likely N-dealkylation sites (tertiary alicyclic amines) is 1. The summed E-state index contributed by atoms with van der Waals surface area (Å²) in [7, 11) is 1.95. The van der Waals surface area contributed by atoms with Gasteiger partial charge in [0.2, 0.25) is 5.91 Å². The molecule has 2 aliphatic rings. The van der Waals surface area contributed by atoms with Crippen LogP contribution in [0.25, 0.3) is 0 Å². The van der Waals surface area contributed by atoms with Gasteiger partial charge >= 0.3 is 6.36 Å².